The zero-order chi connectivity index (χ0) is 15.5. The molecule has 1 saturated carbocycles. The first-order valence-electron chi connectivity index (χ1n) is 7.23. The maximum absolute atomic E-state index is 11.9. The molecule has 2 rings (SSSR count). The average molecular weight is 375 g/mol. The SMILES string of the molecule is CC(C)(C)OC(=O)NC1(CNCc2cc(Br)cs2)CCC1. The maximum Gasteiger partial charge on any atom is 0.408 e. The Morgan fingerprint density at radius 3 is 2.67 bits per heavy atom. The fourth-order valence-electron chi connectivity index (χ4n) is 2.34. The van der Waals surface area contributed by atoms with E-state index in [1.165, 1.54) is 4.88 Å². The van der Waals surface area contributed by atoms with Crippen LogP contribution in [-0.4, -0.2) is 23.8 Å². The van der Waals surface area contributed by atoms with Gasteiger partial charge in [-0.15, -0.1) is 11.3 Å². The largest absolute Gasteiger partial charge is 0.444 e. The Balaban J connectivity index is 1.80. The number of ether oxygens (including phenoxy) is 1. The van der Waals surface area contributed by atoms with Crippen molar-refractivity contribution in [2.24, 2.45) is 0 Å². The molecule has 2 N–H and O–H groups in total. The summed E-state index contributed by atoms with van der Waals surface area (Å²) in [6.45, 7) is 7.25. The Labute approximate surface area is 138 Å². The predicted octanol–water partition coefficient (Wildman–Crippen LogP) is 4.05. The highest BCUT2D eigenvalue weighted by molar-refractivity contribution is 9.10. The van der Waals surface area contributed by atoms with E-state index in [0.29, 0.717) is 0 Å². The smallest absolute Gasteiger partial charge is 0.408 e. The predicted molar refractivity (Wildman–Crippen MR) is 89.7 cm³/mol. The number of carbonyl (C=O) groups excluding carboxylic acids is 1. The molecule has 1 aliphatic carbocycles. The molecule has 0 spiro atoms. The molecular weight excluding hydrogens is 352 g/mol. The molecule has 0 unspecified atom stereocenters. The Kier molecular flexibility index (Phi) is 5.33. The fourth-order valence-corrected chi connectivity index (χ4v) is 3.76. The van der Waals surface area contributed by atoms with Gasteiger partial charge in [0, 0.05) is 27.8 Å². The van der Waals surface area contributed by atoms with E-state index in [2.05, 4.69) is 38.0 Å². The minimum atomic E-state index is -0.453. The van der Waals surface area contributed by atoms with E-state index in [1.54, 1.807) is 11.3 Å². The summed E-state index contributed by atoms with van der Waals surface area (Å²) in [5, 5.41) is 8.57. The van der Waals surface area contributed by atoms with Crippen LogP contribution in [0.5, 0.6) is 0 Å². The fraction of sp³-hybridized carbons (Fsp3) is 0.667. The minimum Gasteiger partial charge on any atom is -0.444 e. The summed E-state index contributed by atoms with van der Waals surface area (Å²) in [7, 11) is 0. The highest BCUT2D eigenvalue weighted by Gasteiger charge is 2.39. The van der Waals surface area contributed by atoms with Crippen LogP contribution >= 0.6 is 27.3 Å². The maximum atomic E-state index is 11.9. The van der Waals surface area contributed by atoms with Gasteiger partial charge < -0.3 is 15.4 Å². The number of nitrogens with one attached hydrogen (secondary N) is 2. The Morgan fingerprint density at radius 1 is 1.48 bits per heavy atom. The van der Waals surface area contributed by atoms with Crippen molar-refractivity contribution in [1.82, 2.24) is 10.6 Å². The van der Waals surface area contributed by atoms with E-state index in [-0.39, 0.29) is 11.6 Å². The van der Waals surface area contributed by atoms with Gasteiger partial charge in [-0.1, -0.05) is 0 Å². The van der Waals surface area contributed by atoms with Crippen molar-refractivity contribution in [1.29, 1.82) is 0 Å². The van der Waals surface area contributed by atoms with E-state index in [1.807, 2.05) is 20.8 Å². The monoisotopic (exact) mass is 374 g/mol. The van der Waals surface area contributed by atoms with Crippen molar-refractivity contribution in [2.45, 2.75) is 57.7 Å². The zero-order valence-electron chi connectivity index (χ0n) is 12.8. The number of rotatable bonds is 5. The topological polar surface area (TPSA) is 50.4 Å². The van der Waals surface area contributed by atoms with Crippen LogP contribution in [0.15, 0.2) is 15.9 Å². The number of alkyl carbamates (subject to hydrolysis) is 1. The number of thiophene rings is 1. The Hall–Kier alpha value is -0.590. The number of amides is 1. The van der Waals surface area contributed by atoms with Gasteiger partial charge in [0.2, 0.25) is 0 Å². The lowest BCUT2D eigenvalue weighted by Gasteiger charge is -2.42. The Morgan fingerprint density at radius 2 is 2.19 bits per heavy atom. The van der Waals surface area contributed by atoms with Crippen molar-refractivity contribution in [3.8, 4) is 0 Å². The third-order valence-corrected chi connectivity index (χ3v) is 5.16. The first-order chi connectivity index (χ1) is 9.78. The average Bonchev–Trinajstić information content (AvgIpc) is 2.69. The molecule has 0 aromatic carbocycles. The third kappa shape index (κ3) is 5.27. The molecule has 0 bridgehead atoms. The third-order valence-electron chi connectivity index (χ3n) is 3.46. The van der Waals surface area contributed by atoms with Crippen LogP contribution in [0, 0.1) is 0 Å². The molecule has 1 fully saturated rings. The summed E-state index contributed by atoms with van der Waals surface area (Å²) in [6.07, 6.45) is 2.85. The van der Waals surface area contributed by atoms with Crippen molar-refractivity contribution in [3.05, 3.63) is 20.8 Å². The second-order valence-corrected chi connectivity index (χ2v) is 8.51. The normalized spacial score (nSPS) is 17.1. The molecule has 118 valence electrons. The molecule has 21 heavy (non-hydrogen) atoms. The molecule has 1 heterocycles. The number of hydrogen-bond acceptors (Lipinski definition) is 4. The number of carbonyl (C=O) groups is 1. The standard InChI is InChI=1S/C15H23BrN2O2S/c1-14(2,3)20-13(19)18-15(5-4-6-15)10-17-8-12-7-11(16)9-21-12/h7,9,17H,4-6,8,10H2,1-3H3,(H,18,19). The van der Waals surface area contributed by atoms with E-state index < -0.39 is 5.60 Å². The molecule has 1 aromatic heterocycles. The van der Waals surface area contributed by atoms with Gasteiger partial charge in [-0.05, 0) is 62.0 Å². The van der Waals surface area contributed by atoms with E-state index >= 15 is 0 Å². The van der Waals surface area contributed by atoms with Gasteiger partial charge >= 0.3 is 6.09 Å². The van der Waals surface area contributed by atoms with E-state index in [4.69, 9.17) is 4.74 Å². The quantitative estimate of drug-likeness (QED) is 0.817. The molecule has 4 nitrogen and oxygen atoms in total. The molecular formula is C15H23BrN2O2S. The van der Waals surface area contributed by atoms with Gasteiger partial charge in [-0.3, -0.25) is 0 Å². The minimum absolute atomic E-state index is 0.142. The summed E-state index contributed by atoms with van der Waals surface area (Å²) < 4.78 is 6.48. The highest BCUT2D eigenvalue weighted by atomic mass is 79.9. The van der Waals surface area contributed by atoms with Crippen molar-refractivity contribution in [3.63, 3.8) is 0 Å². The molecule has 0 radical (unpaired) electrons. The number of halogens is 1. The zero-order valence-corrected chi connectivity index (χ0v) is 15.2. The molecule has 6 heteroatoms. The van der Waals surface area contributed by atoms with Crippen molar-refractivity contribution in [2.75, 3.05) is 6.54 Å². The van der Waals surface area contributed by atoms with Gasteiger partial charge in [-0.2, -0.15) is 0 Å². The summed E-state index contributed by atoms with van der Waals surface area (Å²) in [5.74, 6) is 0. The molecule has 1 amide bonds. The Bertz CT molecular complexity index is 492. The summed E-state index contributed by atoms with van der Waals surface area (Å²) in [4.78, 5) is 13.2. The lowest BCUT2D eigenvalue weighted by molar-refractivity contribution is 0.0382. The van der Waals surface area contributed by atoms with Gasteiger partial charge in [0.25, 0.3) is 0 Å². The van der Waals surface area contributed by atoms with E-state index in [0.717, 1.165) is 36.8 Å². The molecule has 0 aliphatic heterocycles. The van der Waals surface area contributed by atoms with Crippen LogP contribution < -0.4 is 10.6 Å². The highest BCUT2D eigenvalue weighted by Crippen LogP contribution is 2.31. The number of hydrogen-bond donors (Lipinski definition) is 2. The van der Waals surface area contributed by atoms with Crippen LogP contribution in [0.1, 0.15) is 44.9 Å². The van der Waals surface area contributed by atoms with Crippen LogP contribution in [0.2, 0.25) is 0 Å². The van der Waals surface area contributed by atoms with Crippen LogP contribution in [0.3, 0.4) is 0 Å². The van der Waals surface area contributed by atoms with Crippen molar-refractivity contribution < 1.29 is 9.53 Å². The van der Waals surface area contributed by atoms with Gasteiger partial charge in [0.1, 0.15) is 5.60 Å². The van der Waals surface area contributed by atoms with Gasteiger partial charge in [-0.25, -0.2) is 4.79 Å². The summed E-state index contributed by atoms with van der Waals surface area (Å²) in [6, 6.07) is 2.12. The second kappa shape index (κ2) is 6.67. The summed E-state index contributed by atoms with van der Waals surface area (Å²) in [5.41, 5.74) is -0.595. The van der Waals surface area contributed by atoms with Crippen molar-refractivity contribution >= 4 is 33.4 Å². The van der Waals surface area contributed by atoms with Crippen LogP contribution in [0.25, 0.3) is 0 Å². The lowest BCUT2D eigenvalue weighted by atomic mass is 9.76. The van der Waals surface area contributed by atoms with Crippen LogP contribution in [-0.2, 0) is 11.3 Å². The molecule has 1 aromatic rings. The molecule has 1 aliphatic rings. The lowest BCUT2D eigenvalue weighted by Crippen LogP contribution is -2.59. The first-order valence-corrected chi connectivity index (χ1v) is 8.90. The van der Waals surface area contributed by atoms with Crippen LogP contribution in [0.4, 0.5) is 4.79 Å². The second-order valence-electron chi connectivity index (χ2n) is 6.60. The molecule has 0 atom stereocenters. The first kappa shape index (κ1) is 16.8. The van der Waals surface area contributed by atoms with Gasteiger partial charge in [0.15, 0.2) is 0 Å². The van der Waals surface area contributed by atoms with Gasteiger partial charge in [0.05, 0.1) is 5.54 Å². The molecule has 0 saturated heterocycles. The van der Waals surface area contributed by atoms with E-state index in [9.17, 15) is 4.79 Å². The summed E-state index contributed by atoms with van der Waals surface area (Å²) >= 11 is 5.18.